The Morgan fingerprint density at radius 3 is 1.23 bits per heavy atom. The Morgan fingerprint density at radius 2 is 0.605 bits per heavy atom. The number of fused-ring (bicyclic) bond motifs is 30. The van der Waals surface area contributed by atoms with Gasteiger partial charge in [-0.25, -0.2) is 0 Å². The molecule has 3 aromatic heterocycles. The van der Waals surface area contributed by atoms with E-state index in [0.29, 0.717) is 0 Å². The zero-order valence-electron chi connectivity index (χ0n) is 69.8. The summed E-state index contributed by atoms with van der Waals surface area (Å²) in [6.45, 7) is 14.4. The van der Waals surface area contributed by atoms with Gasteiger partial charge >= 0.3 is 0 Å². The van der Waals surface area contributed by atoms with Gasteiger partial charge in [0, 0.05) is 100 Å². The third-order valence-corrected chi connectivity index (χ3v) is 29.4. The van der Waals surface area contributed by atoms with Gasteiger partial charge in [-0.3, -0.25) is 0 Å². The minimum Gasteiger partial charge on any atom is -0.456 e. The molecule has 0 saturated carbocycles. The van der Waals surface area contributed by atoms with Gasteiger partial charge in [-0.2, -0.15) is 0 Å². The average Bonchev–Trinajstić information content (AvgIpc) is 1.48. The van der Waals surface area contributed by atoms with Crippen LogP contribution in [0.3, 0.4) is 0 Å². The molecule has 0 radical (unpaired) electrons. The van der Waals surface area contributed by atoms with Crippen molar-refractivity contribution in [2.75, 3.05) is 9.80 Å². The molecule has 18 aromatic carbocycles. The third kappa shape index (κ3) is 9.37. The minimum atomic E-state index is -0.577. The minimum absolute atomic E-state index is 0.213. The molecule has 5 heteroatoms. The summed E-state index contributed by atoms with van der Waals surface area (Å²) in [5.41, 5.74) is 41.8. The SMILES string of the molecule is CC1(C)c2ccccc2-c2ccc(N(c3ccc4c(c3)C3(c5ccccc5-4)c4ccccc4C(C)(C)c4ccccc43)c3ccc4c(c3)c3ccccc3n4-c3ccc(-c4ccc5c(c4)c4ccccc4n5-c4cccc(N(c5ccc6c(c5)oc5ccccc56)c5cccc6c5-c5ccccc5C65c6ccccc6C(C)(C)c6ccccc65)c4)cc3)cc21. The first kappa shape index (κ1) is 70.8. The number of hydrogen-bond acceptors (Lipinski definition) is 3. The van der Waals surface area contributed by atoms with Gasteiger partial charge in [0.25, 0.3) is 0 Å². The molecule has 0 N–H and O–H groups in total. The predicted molar refractivity (Wildman–Crippen MR) is 514 cm³/mol. The molecule has 586 valence electrons. The van der Waals surface area contributed by atoms with Crippen molar-refractivity contribution >= 4 is 99.7 Å². The molecule has 0 amide bonds. The van der Waals surface area contributed by atoms with E-state index < -0.39 is 10.8 Å². The van der Waals surface area contributed by atoms with E-state index in [2.05, 4.69) is 461 Å². The van der Waals surface area contributed by atoms with E-state index >= 15 is 0 Å². The van der Waals surface area contributed by atoms with E-state index in [1.165, 1.54) is 133 Å². The number of para-hydroxylation sites is 3. The first-order valence-electron chi connectivity index (χ1n) is 43.7. The predicted octanol–water partition coefficient (Wildman–Crippen LogP) is 30.7. The summed E-state index contributed by atoms with van der Waals surface area (Å²) in [6, 6.07) is 152. The Hall–Kier alpha value is -15.0. The third-order valence-electron chi connectivity index (χ3n) is 29.4. The highest BCUT2D eigenvalue weighted by molar-refractivity contribution is 6.13. The zero-order valence-corrected chi connectivity index (χ0v) is 69.8. The largest absolute Gasteiger partial charge is 0.456 e. The number of hydrogen-bond donors (Lipinski definition) is 0. The maximum absolute atomic E-state index is 6.79. The molecule has 0 unspecified atom stereocenters. The van der Waals surface area contributed by atoms with E-state index in [0.717, 1.165) is 101 Å². The van der Waals surface area contributed by atoms with Crippen molar-refractivity contribution in [2.24, 2.45) is 0 Å². The summed E-state index contributed by atoms with van der Waals surface area (Å²) in [4.78, 5) is 5.04. The van der Waals surface area contributed by atoms with E-state index in [1.54, 1.807) is 0 Å². The van der Waals surface area contributed by atoms with Crippen molar-refractivity contribution in [3.8, 4) is 55.9 Å². The van der Waals surface area contributed by atoms with Crippen LogP contribution in [0.1, 0.15) is 119 Å². The van der Waals surface area contributed by atoms with Gasteiger partial charge < -0.3 is 23.4 Å². The molecule has 26 rings (SSSR count). The lowest BCUT2D eigenvalue weighted by molar-refractivity contribution is 0.563. The van der Waals surface area contributed by atoms with Crippen LogP contribution in [0.25, 0.3) is 121 Å². The maximum Gasteiger partial charge on any atom is 0.137 e. The Kier molecular flexibility index (Phi) is 14.6. The van der Waals surface area contributed by atoms with E-state index in [1.807, 2.05) is 0 Å². The van der Waals surface area contributed by atoms with Crippen LogP contribution < -0.4 is 9.80 Å². The topological polar surface area (TPSA) is 29.5 Å². The molecule has 0 saturated heterocycles. The summed E-state index contributed by atoms with van der Waals surface area (Å²) in [6.07, 6.45) is 0. The highest BCUT2D eigenvalue weighted by atomic mass is 16.3. The Morgan fingerprint density at radius 1 is 0.210 bits per heavy atom. The Bertz CT molecular complexity index is 8100. The monoisotopic (exact) mass is 1580 g/mol. The summed E-state index contributed by atoms with van der Waals surface area (Å²) in [5.74, 6) is 0. The fourth-order valence-electron chi connectivity index (χ4n) is 24.0. The van der Waals surface area contributed by atoms with Crippen LogP contribution in [-0.4, -0.2) is 9.13 Å². The van der Waals surface area contributed by atoms with Gasteiger partial charge in [0.2, 0.25) is 0 Å². The lowest BCUT2D eigenvalue weighted by atomic mass is 9.55. The standard InChI is InChI=1S/C119H84N4O/c1-115(2)93-37-13-7-31-82(93)84-62-58-79(70-105(84)115)120(80-59-63-85-83-32-8-14-38-94(83)119(106(85)71-80)102-46-22-18-42-98(102)117(5,6)99-43-19-23-47-103(99)119)78-61-66-110-92(69-78)87-34-11-24-49-107(87)122(110)75-56-53-73(54-57-75)74-55-65-109-91(67-74)86-33-10-25-50-108(86)123(109)77-30-27-29-76(68-77)121(81-60-64-89-88-35-12-26-52-112(88)124-113(89)72-81)111-51-28-48-104-114(111)90-36-9-15-39-95(90)118(104)100-44-20-16-40-96(100)116(3,4)97-41-17-21-45-101(97)118/h7-72H,1-6H3. The number of furan rings is 1. The first-order valence-corrected chi connectivity index (χ1v) is 43.7. The van der Waals surface area contributed by atoms with Crippen molar-refractivity contribution in [2.45, 2.75) is 68.6 Å². The van der Waals surface area contributed by atoms with Gasteiger partial charge in [0.15, 0.2) is 0 Å². The summed E-state index contributed by atoms with van der Waals surface area (Å²) in [5, 5.41) is 6.96. The smallest absolute Gasteiger partial charge is 0.137 e. The first-order chi connectivity index (χ1) is 60.8. The van der Waals surface area contributed by atoms with Gasteiger partial charge in [0.05, 0.1) is 38.6 Å². The number of aromatic nitrogens is 2. The van der Waals surface area contributed by atoms with E-state index in [-0.39, 0.29) is 16.2 Å². The molecule has 5 aliphatic carbocycles. The van der Waals surface area contributed by atoms with Crippen LogP contribution in [0.2, 0.25) is 0 Å². The van der Waals surface area contributed by atoms with Crippen molar-refractivity contribution in [3.05, 3.63) is 478 Å². The van der Waals surface area contributed by atoms with E-state index in [4.69, 9.17) is 4.42 Å². The quantitative estimate of drug-likeness (QED) is 0.144. The maximum atomic E-state index is 6.79. The summed E-state index contributed by atoms with van der Waals surface area (Å²) < 4.78 is 11.7. The molecule has 0 aliphatic heterocycles. The lowest BCUT2D eigenvalue weighted by Crippen LogP contribution is -2.40. The van der Waals surface area contributed by atoms with Crippen molar-refractivity contribution in [1.29, 1.82) is 0 Å². The number of benzene rings is 18. The number of anilines is 6. The normalized spacial score (nSPS) is 15.0. The van der Waals surface area contributed by atoms with Gasteiger partial charge in [0.1, 0.15) is 11.2 Å². The molecule has 124 heavy (non-hydrogen) atoms. The van der Waals surface area contributed by atoms with Crippen LogP contribution in [-0.2, 0) is 27.1 Å². The lowest BCUT2D eigenvalue weighted by Gasteiger charge is -2.46. The van der Waals surface area contributed by atoms with Crippen LogP contribution in [0.15, 0.2) is 405 Å². The molecular weight excluding hydrogens is 1500 g/mol. The average molecular weight is 1590 g/mol. The second-order valence-corrected chi connectivity index (χ2v) is 36.5. The molecule has 2 spiro atoms. The highest BCUT2D eigenvalue weighted by Crippen LogP contribution is 2.67. The van der Waals surface area contributed by atoms with Gasteiger partial charge in [-0.15, -0.1) is 0 Å². The second kappa shape index (κ2) is 25.5. The van der Waals surface area contributed by atoms with Crippen molar-refractivity contribution in [3.63, 3.8) is 0 Å². The fourth-order valence-corrected chi connectivity index (χ4v) is 24.0. The Labute approximate surface area is 720 Å². The van der Waals surface area contributed by atoms with Crippen LogP contribution >= 0.6 is 0 Å². The highest BCUT2D eigenvalue weighted by Gasteiger charge is 2.56. The molecule has 0 bridgehead atoms. The molecule has 5 nitrogen and oxygen atoms in total. The van der Waals surface area contributed by atoms with Crippen molar-refractivity contribution in [1.82, 2.24) is 9.13 Å². The summed E-state index contributed by atoms with van der Waals surface area (Å²) in [7, 11) is 0. The molecule has 0 atom stereocenters. The number of rotatable bonds is 9. The fraction of sp³-hybridized carbons (Fsp3) is 0.0924. The van der Waals surface area contributed by atoms with Crippen LogP contribution in [0.4, 0.5) is 34.1 Å². The van der Waals surface area contributed by atoms with Crippen LogP contribution in [0, 0.1) is 0 Å². The molecule has 0 fully saturated rings. The van der Waals surface area contributed by atoms with E-state index in [9.17, 15) is 0 Å². The molecular formula is C119H84N4O. The van der Waals surface area contributed by atoms with Gasteiger partial charge in [-0.05, 0) is 238 Å². The second-order valence-electron chi connectivity index (χ2n) is 36.5. The summed E-state index contributed by atoms with van der Waals surface area (Å²) >= 11 is 0. The number of nitrogens with zero attached hydrogens (tertiary/aromatic N) is 4. The molecule has 3 heterocycles. The molecule has 5 aliphatic rings. The van der Waals surface area contributed by atoms with Crippen molar-refractivity contribution < 1.29 is 4.42 Å². The molecule has 21 aromatic rings. The zero-order chi connectivity index (χ0) is 82.4. The van der Waals surface area contributed by atoms with Crippen LogP contribution in [0.5, 0.6) is 0 Å². The Balaban J connectivity index is 0.593. The van der Waals surface area contributed by atoms with Gasteiger partial charge in [-0.1, -0.05) is 315 Å².